The highest BCUT2D eigenvalue weighted by Crippen LogP contribution is 2.71. The van der Waals surface area contributed by atoms with E-state index >= 15 is 0 Å². The summed E-state index contributed by atoms with van der Waals surface area (Å²) in [6, 6.07) is 0. The minimum Gasteiger partial charge on any atom is -0.460 e. The van der Waals surface area contributed by atoms with Gasteiger partial charge < -0.3 is 77.6 Å². The second kappa shape index (κ2) is 19.8. The first-order chi connectivity index (χ1) is 31.5. The number of rotatable bonds is 13. The number of allylic oxidation sites excluding steroid dienone is 1. The molecule has 6 fully saturated rings. The van der Waals surface area contributed by atoms with Crippen molar-refractivity contribution < 1.29 is 87.2 Å². The topological polar surface area (TPSA) is 237 Å². The Kier molecular flexibility index (Phi) is 15.6. The first-order valence-electron chi connectivity index (χ1n) is 24.2. The van der Waals surface area contributed by atoms with Crippen LogP contribution in [-0.2, 0) is 61.7 Å². The third-order valence-electron chi connectivity index (χ3n) is 17.5. The molecule has 3 saturated heterocycles. The quantitative estimate of drug-likeness (QED) is 0.101. The normalized spacial score (nSPS) is 49.4. The van der Waals surface area contributed by atoms with Crippen LogP contribution in [0.4, 0.5) is 0 Å². The van der Waals surface area contributed by atoms with Gasteiger partial charge in [-0.15, -0.1) is 0 Å². The lowest BCUT2D eigenvalue weighted by atomic mass is 9.42. The molecular formula is C49H78O18. The Balaban J connectivity index is 1.02. The van der Waals surface area contributed by atoms with Crippen LogP contribution in [0.3, 0.4) is 0 Å². The Bertz CT molecular complexity index is 1850. The molecule has 22 atom stereocenters. The molecule has 18 nitrogen and oxygen atoms in total. The molecule has 382 valence electrons. The molecule has 0 aromatic rings. The van der Waals surface area contributed by atoms with Crippen LogP contribution < -0.4 is 0 Å². The molecule has 0 aromatic heterocycles. The van der Waals surface area contributed by atoms with Crippen LogP contribution in [-0.4, -0.2) is 174 Å². The molecule has 0 amide bonds. The van der Waals surface area contributed by atoms with Gasteiger partial charge in [0.15, 0.2) is 18.9 Å². The zero-order valence-electron chi connectivity index (χ0n) is 41.4. The van der Waals surface area contributed by atoms with Crippen LogP contribution in [0.2, 0.25) is 0 Å². The van der Waals surface area contributed by atoms with Gasteiger partial charge in [-0.2, -0.15) is 0 Å². The van der Waals surface area contributed by atoms with Gasteiger partial charge in [0.25, 0.3) is 0 Å². The summed E-state index contributed by atoms with van der Waals surface area (Å²) in [6.07, 6.45) is -5.26. The van der Waals surface area contributed by atoms with Gasteiger partial charge >= 0.3 is 11.9 Å². The van der Waals surface area contributed by atoms with Gasteiger partial charge in [0.2, 0.25) is 0 Å². The molecule has 7 rings (SSSR count). The van der Waals surface area contributed by atoms with Crippen LogP contribution in [0, 0.1) is 16.7 Å². The Morgan fingerprint density at radius 3 is 1.99 bits per heavy atom. The van der Waals surface area contributed by atoms with E-state index in [0.717, 1.165) is 5.57 Å². The number of carbonyl (C=O) groups is 2. The van der Waals surface area contributed by atoms with Crippen LogP contribution in [0.25, 0.3) is 0 Å². The molecular weight excluding hydrogens is 877 g/mol. The zero-order valence-corrected chi connectivity index (χ0v) is 41.4. The molecule has 0 spiro atoms. The molecule has 4 aliphatic carbocycles. The first-order valence-corrected chi connectivity index (χ1v) is 24.2. The standard InChI is InChI=1S/C49H78O18/c1-13-24(2)43(53)65-35-23-34-45(8)16-15-31(20-30(45)14-17-48(34,55)49(56)19-18-47(54,46(35,49)9)28(6)63-29(7)50)64-36-21-32(57-10)40(26(4)60-36)66-37-22-33(58-11)41(27(5)61-37)67-44-39(52)42(59-12)38(51)25(3)62-44/h13-14,25-28,31-42,44,51-52,54-56H,15-23H2,1-12H3/b24-13+/t25-,26-,27-,28+,31+,32+,33+,34-,35-,36+,37+,38-,39-,40-,41-,42+,44+,45+,46-,47-,48+,49-/m1/s1. The van der Waals surface area contributed by atoms with Crippen molar-refractivity contribution in [2.75, 3.05) is 21.3 Å². The summed E-state index contributed by atoms with van der Waals surface area (Å²) in [6.45, 7) is 15.4. The summed E-state index contributed by atoms with van der Waals surface area (Å²) >= 11 is 0. The summed E-state index contributed by atoms with van der Waals surface area (Å²) in [5.41, 5.74) is -6.27. The van der Waals surface area contributed by atoms with Gasteiger partial charge in [-0.3, -0.25) is 4.79 Å². The van der Waals surface area contributed by atoms with Crippen molar-refractivity contribution in [1.82, 2.24) is 0 Å². The van der Waals surface area contributed by atoms with Gasteiger partial charge in [-0.25, -0.2) is 4.79 Å². The molecule has 0 unspecified atom stereocenters. The van der Waals surface area contributed by atoms with Crippen LogP contribution in [0.15, 0.2) is 23.3 Å². The van der Waals surface area contributed by atoms with Gasteiger partial charge in [-0.1, -0.05) is 31.6 Å². The van der Waals surface area contributed by atoms with Crippen LogP contribution >= 0.6 is 0 Å². The summed E-state index contributed by atoms with van der Waals surface area (Å²) < 4.78 is 67.2. The minimum absolute atomic E-state index is 0.00102. The number of methoxy groups -OCH3 is 3. The lowest BCUT2D eigenvalue weighted by molar-refractivity contribution is -0.352. The highest BCUT2D eigenvalue weighted by atomic mass is 16.8. The molecule has 67 heavy (non-hydrogen) atoms. The van der Waals surface area contributed by atoms with Crippen molar-refractivity contribution in [3.8, 4) is 0 Å². The molecule has 3 heterocycles. The van der Waals surface area contributed by atoms with E-state index in [1.54, 1.807) is 54.9 Å². The van der Waals surface area contributed by atoms with Gasteiger partial charge in [-0.05, 0) is 91.9 Å². The second-order valence-electron chi connectivity index (χ2n) is 20.8. The fraction of sp³-hybridized carbons (Fsp3) is 0.878. The molecule has 0 aromatic carbocycles. The van der Waals surface area contributed by atoms with Gasteiger partial charge in [0.1, 0.15) is 59.5 Å². The number of fused-ring (bicyclic) bond motifs is 5. The fourth-order valence-electron chi connectivity index (χ4n) is 13.2. The molecule has 7 aliphatic rings. The van der Waals surface area contributed by atoms with E-state index in [0.29, 0.717) is 37.7 Å². The van der Waals surface area contributed by atoms with E-state index in [9.17, 15) is 35.1 Å². The number of hydrogen-bond donors (Lipinski definition) is 5. The van der Waals surface area contributed by atoms with Crippen molar-refractivity contribution in [3.05, 3.63) is 23.3 Å². The van der Waals surface area contributed by atoms with E-state index in [2.05, 4.69) is 6.92 Å². The van der Waals surface area contributed by atoms with E-state index in [1.807, 2.05) is 19.9 Å². The van der Waals surface area contributed by atoms with Crippen molar-refractivity contribution in [2.24, 2.45) is 16.7 Å². The van der Waals surface area contributed by atoms with E-state index in [4.69, 9.17) is 52.1 Å². The van der Waals surface area contributed by atoms with Crippen molar-refractivity contribution >= 4 is 11.9 Å². The number of esters is 2. The van der Waals surface area contributed by atoms with E-state index < -0.39 is 138 Å². The first kappa shape index (κ1) is 52.7. The summed E-state index contributed by atoms with van der Waals surface area (Å²) in [4.78, 5) is 25.7. The minimum atomic E-state index is -1.92. The maximum absolute atomic E-state index is 13.5. The Hall–Kier alpha value is -2.14. The summed E-state index contributed by atoms with van der Waals surface area (Å²) in [7, 11) is 4.61. The smallest absolute Gasteiger partial charge is 0.333 e. The Morgan fingerprint density at radius 2 is 1.40 bits per heavy atom. The van der Waals surface area contributed by atoms with Crippen LogP contribution in [0.1, 0.15) is 120 Å². The summed E-state index contributed by atoms with van der Waals surface area (Å²) in [5, 5.41) is 59.9. The molecule has 5 N–H and O–H groups in total. The third kappa shape index (κ3) is 8.88. The highest BCUT2D eigenvalue weighted by molar-refractivity contribution is 5.87. The number of aliphatic hydroxyl groups is 5. The fourth-order valence-corrected chi connectivity index (χ4v) is 13.2. The predicted molar refractivity (Wildman–Crippen MR) is 237 cm³/mol. The van der Waals surface area contributed by atoms with E-state index in [-0.39, 0.29) is 31.8 Å². The molecule has 0 radical (unpaired) electrons. The molecule has 3 saturated carbocycles. The summed E-state index contributed by atoms with van der Waals surface area (Å²) in [5.74, 6) is -1.74. The molecule has 18 heteroatoms. The monoisotopic (exact) mass is 955 g/mol. The number of aliphatic hydroxyl groups excluding tert-OH is 2. The van der Waals surface area contributed by atoms with E-state index in [1.165, 1.54) is 14.0 Å². The third-order valence-corrected chi connectivity index (χ3v) is 17.5. The molecule has 3 aliphatic heterocycles. The maximum Gasteiger partial charge on any atom is 0.333 e. The largest absolute Gasteiger partial charge is 0.460 e. The number of hydrogen-bond acceptors (Lipinski definition) is 18. The average Bonchev–Trinajstić information content (AvgIpc) is 3.51. The van der Waals surface area contributed by atoms with Crippen molar-refractivity contribution in [3.63, 3.8) is 0 Å². The van der Waals surface area contributed by atoms with Gasteiger partial charge in [0, 0.05) is 52.6 Å². The SMILES string of the molecule is C/C=C(\C)C(=O)O[C@@H]1C[C@@H]2[C@@]3(C)CC[C@H](O[C@H]4C[C@H](OC)[C@H](O[C@H]5C[C@H](OC)[C@H](O[C@@H]6O[C@H](C)[C@@H](O)[C@H](OC)[C@H]6O)[C@@H](C)O5)[C@@H](C)O4)CC3=CC[C@@]2(O)[C@@]2(O)CC[C@@](O)([C@H](C)OC(C)=O)[C@@]12C. The predicted octanol–water partition coefficient (Wildman–Crippen LogP) is 3.29. The van der Waals surface area contributed by atoms with Crippen LogP contribution in [0.5, 0.6) is 0 Å². The van der Waals surface area contributed by atoms with Gasteiger partial charge in [0.05, 0.1) is 42.0 Å². The average molecular weight is 955 g/mol. The number of ether oxygens (including phenoxy) is 11. The lowest BCUT2D eigenvalue weighted by Gasteiger charge is -2.67. The Morgan fingerprint density at radius 1 is 0.791 bits per heavy atom. The number of carbonyl (C=O) groups excluding carboxylic acids is 2. The zero-order chi connectivity index (χ0) is 49.2. The molecule has 0 bridgehead atoms. The second-order valence-corrected chi connectivity index (χ2v) is 20.8. The van der Waals surface area contributed by atoms with Crippen molar-refractivity contribution in [1.29, 1.82) is 0 Å². The lowest BCUT2D eigenvalue weighted by Crippen LogP contribution is -2.78. The van der Waals surface area contributed by atoms with Crippen molar-refractivity contribution in [2.45, 2.75) is 235 Å². The highest BCUT2D eigenvalue weighted by Gasteiger charge is 2.81. The maximum atomic E-state index is 13.5. The Labute approximate surface area is 394 Å².